The van der Waals surface area contributed by atoms with Crippen molar-refractivity contribution in [2.24, 2.45) is 5.73 Å². The van der Waals surface area contributed by atoms with Crippen molar-refractivity contribution < 1.29 is 0 Å². The molecule has 1 aromatic carbocycles. The van der Waals surface area contributed by atoms with E-state index < -0.39 is 0 Å². The van der Waals surface area contributed by atoms with Crippen molar-refractivity contribution in [2.45, 2.75) is 12.5 Å². The van der Waals surface area contributed by atoms with Gasteiger partial charge in [0.25, 0.3) is 0 Å². The molecule has 0 spiro atoms. The zero-order valence-corrected chi connectivity index (χ0v) is 10.1. The molecule has 2 aromatic heterocycles. The molecule has 86 valence electrons. The molecule has 0 fully saturated rings. The standard InChI is InChI=1S/C13H13N3S/c14-12(10-4-2-1-3-5-10)8-11-9-16-6-7-17-13(16)15-11/h1-7,9,12H,8,14H2. The third-order valence-electron chi connectivity index (χ3n) is 2.80. The molecule has 3 rings (SSSR count). The van der Waals surface area contributed by atoms with Gasteiger partial charge in [0, 0.05) is 30.2 Å². The lowest BCUT2D eigenvalue weighted by molar-refractivity contribution is 0.710. The smallest absolute Gasteiger partial charge is 0.193 e. The molecule has 17 heavy (non-hydrogen) atoms. The first-order valence-corrected chi connectivity index (χ1v) is 6.42. The number of aromatic nitrogens is 2. The summed E-state index contributed by atoms with van der Waals surface area (Å²) in [6.07, 6.45) is 4.84. The van der Waals surface area contributed by atoms with Gasteiger partial charge in [0.05, 0.1) is 5.69 Å². The minimum Gasteiger partial charge on any atom is -0.324 e. The molecule has 0 aliphatic carbocycles. The Morgan fingerprint density at radius 2 is 2.12 bits per heavy atom. The topological polar surface area (TPSA) is 43.3 Å². The van der Waals surface area contributed by atoms with Crippen molar-refractivity contribution in [3.8, 4) is 0 Å². The van der Waals surface area contributed by atoms with Crippen LogP contribution in [0.4, 0.5) is 0 Å². The van der Waals surface area contributed by atoms with Crippen molar-refractivity contribution >= 4 is 16.3 Å². The summed E-state index contributed by atoms with van der Waals surface area (Å²) >= 11 is 1.64. The van der Waals surface area contributed by atoms with Gasteiger partial charge in [-0.05, 0) is 5.56 Å². The number of thiazole rings is 1. The third-order valence-corrected chi connectivity index (χ3v) is 3.57. The minimum absolute atomic E-state index is 0.0146. The van der Waals surface area contributed by atoms with Gasteiger partial charge in [0.1, 0.15) is 0 Å². The van der Waals surface area contributed by atoms with Gasteiger partial charge in [-0.25, -0.2) is 4.98 Å². The van der Waals surface area contributed by atoms with Crippen LogP contribution < -0.4 is 5.73 Å². The first-order valence-electron chi connectivity index (χ1n) is 5.54. The fraction of sp³-hybridized carbons (Fsp3) is 0.154. The predicted molar refractivity (Wildman–Crippen MR) is 70.1 cm³/mol. The summed E-state index contributed by atoms with van der Waals surface area (Å²) in [5.74, 6) is 0. The number of hydrogen-bond acceptors (Lipinski definition) is 3. The van der Waals surface area contributed by atoms with Gasteiger partial charge >= 0.3 is 0 Å². The van der Waals surface area contributed by atoms with E-state index in [1.165, 1.54) is 0 Å². The monoisotopic (exact) mass is 243 g/mol. The molecule has 0 radical (unpaired) electrons. The lowest BCUT2D eigenvalue weighted by Crippen LogP contribution is -2.13. The Morgan fingerprint density at radius 3 is 2.88 bits per heavy atom. The first-order chi connectivity index (χ1) is 8.33. The van der Waals surface area contributed by atoms with Crippen LogP contribution in [-0.2, 0) is 6.42 Å². The van der Waals surface area contributed by atoms with Crippen molar-refractivity contribution in [3.63, 3.8) is 0 Å². The van der Waals surface area contributed by atoms with Gasteiger partial charge in [-0.1, -0.05) is 30.3 Å². The van der Waals surface area contributed by atoms with Crippen LogP contribution in [-0.4, -0.2) is 9.38 Å². The molecule has 0 amide bonds. The Morgan fingerprint density at radius 1 is 1.29 bits per heavy atom. The molecular weight excluding hydrogens is 230 g/mol. The number of hydrogen-bond donors (Lipinski definition) is 1. The summed E-state index contributed by atoms with van der Waals surface area (Å²) in [6.45, 7) is 0. The van der Waals surface area contributed by atoms with Crippen LogP contribution in [0.3, 0.4) is 0 Å². The number of imidazole rings is 1. The molecule has 4 heteroatoms. The second-order valence-electron chi connectivity index (χ2n) is 4.05. The highest BCUT2D eigenvalue weighted by atomic mass is 32.1. The van der Waals surface area contributed by atoms with Gasteiger partial charge in [0.2, 0.25) is 0 Å². The average Bonchev–Trinajstić information content (AvgIpc) is 2.90. The third kappa shape index (κ3) is 2.09. The Balaban J connectivity index is 1.81. The van der Waals surface area contributed by atoms with E-state index in [0.717, 1.165) is 22.6 Å². The minimum atomic E-state index is 0.0146. The summed E-state index contributed by atoms with van der Waals surface area (Å²) in [4.78, 5) is 5.57. The van der Waals surface area contributed by atoms with Crippen molar-refractivity contribution in [1.82, 2.24) is 9.38 Å². The average molecular weight is 243 g/mol. The lowest BCUT2D eigenvalue weighted by Gasteiger charge is -2.09. The Labute approximate surface area is 104 Å². The highest BCUT2D eigenvalue weighted by Gasteiger charge is 2.09. The largest absolute Gasteiger partial charge is 0.324 e. The highest BCUT2D eigenvalue weighted by molar-refractivity contribution is 7.15. The van der Waals surface area contributed by atoms with Crippen LogP contribution in [0.15, 0.2) is 48.1 Å². The molecule has 1 atom stereocenters. The molecule has 3 nitrogen and oxygen atoms in total. The SMILES string of the molecule is NC(Cc1cn2ccsc2n1)c1ccccc1. The Hall–Kier alpha value is -1.65. The summed E-state index contributed by atoms with van der Waals surface area (Å²) < 4.78 is 2.04. The van der Waals surface area contributed by atoms with E-state index in [9.17, 15) is 0 Å². The van der Waals surface area contributed by atoms with Gasteiger partial charge in [-0.15, -0.1) is 11.3 Å². The molecule has 2 N–H and O–H groups in total. The Kier molecular flexibility index (Phi) is 2.66. The molecular formula is C13H13N3S. The van der Waals surface area contributed by atoms with Crippen molar-refractivity contribution in [1.29, 1.82) is 0 Å². The zero-order valence-electron chi connectivity index (χ0n) is 9.28. The number of rotatable bonds is 3. The van der Waals surface area contributed by atoms with Crippen molar-refractivity contribution in [3.05, 3.63) is 59.4 Å². The maximum Gasteiger partial charge on any atom is 0.193 e. The van der Waals surface area contributed by atoms with Crippen molar-refractivity contribution in [2.75, 3.05) is 0 Å². The molecule has 2 heterocycles. The fourth-order valence-corrected chi connectivity index (χ4v) is 2.64. The first kappa shape index (κ1) is 10.5. The van der Waals surface area contributed by atoms with Crippen LogP contribution in [0.5, 0.6) is 0 Å². The van der Waals surface area contributed by atoms with E-state index in [2.05, 4.69) is 23.3 Å². The van der Waals surface area contributed by atoms with Crippen LogP contribution in [0.25, 0.3) is 4.96 Å². The fourth-order valence-electron chi connectivity index (χ4n) is 1.92. The van der Waals surface area contributed by atoms with E-state index in [1.807, 2.05) is 34.2 Å². The van der Waals surface area contributed by atoms with Gasteiger partial charge in [-0.3, -0.25) is 4.40 Å². The summed E-state index contributed by atoms with van der Waals surface area (Å²) in [5.41, 5.74) is 8.38. The molecule has 0 aliphatic heterocycles. The lowest BCUT2D eigenvalue weighted by atomic mass is 10.0. The molecule has 0 saturated heterocycles. The van der Waals surface area contributed by atoms with Gasteiger partial charge < -0.3 is 5.73 Å². The maximum atomic E-state index is 6.17. The summed E-state index contributed by atoms with van der Waals surface area (Å²) in [7, 11) is 0. The molecule has 1 unspecified atom stereocenters. The van der Waals surface area contributed by atoms with Crippen LogP contribution in [0, 0.1) is 0 Å². The molecule has 3 aromatic rings. The number of nitrogens with zero attached hydrogens (tertiary/aromatic N) is 2. The quantitative estimate of drug-likeness (QED) is 0.768. The van der Waals surface area contributed by atoms with Gasteiger partial charge in [-0.2, -0.15) is 0 Å². The Bertz CT molecular complexity index is 583. The number of fused-ring (bicyclic) bond motifs is 1. The summed E-state index contributed by atoms with van der Waals surface area (Å²) in [6, 6.07) is 10.2. The van der Waals surface area contributed by atoms with Crippen LogP contribution in [0.1, 0.15) is 17.3 Å². The van der Waals surface area contributed by atoms with E-state index in [0.29, 0.717) is 0 Å². The van der Waals surface area contributed by atoms with Gasteiger partial charge in [0.15, 0.2) is 4.96 Å². The van der Waals surface area contributed by atoms with E-state index in [4.69, 9.17) is 5.73 Å². The summed E-state index contributed by atoms with van der Waals surface area (Å²) in [5, 5.41) is 2.03. The van der Waals surface area contributed by atoms with E-state index in [1.54, 1.807) is 11.3 Å². The normalized spacial score (nSPS) is 13.0. The maximum absolute atomic E-state index is 6.17. The van der Waals surface area contributed by atoms with Crippen LogP contribution in [0.2, 0.25) is 0 Å². The zero-order chi connectivity index (χ0) is 11.7. The highest BCUT2D eigenvalue weighted by Crippen LogP contribution is 2.17. The molecule has 0 aliphatic rings. The predicted octanol–water partition coefficient (Wildman–Crippen LogP) is 2.64. The van der Waals surface area contributed by atoms with E-state index >= 15 is 0 Å². The molecule has 0 saturated carbocycles. The molecule has 0 bridgehead atoms. The second-order valence-corrected chi connectivity index (χ2v) is 4.92. The number of nitrogens with two attached hydrogens (primary N) is 1. The van der Waals surface area contributed by atoms with E-state index in [-0.39, 0.29) is 6.04 Å². The second kappa shape index (κ2) is 4.31. The van der Waals surface area contributed by atoms with Crippen LogP contribution >= 0.6 is 11.3 Å². The number of benzene rings is 1.